The molecule has 0 radical (unpaired) electrons. The van der Waals surface area contributed by atoms with E-state index in [1.54, 1.807) is 0 Å². The molecule has 0 amide bonds. The van der Waals surface area contributed by atoms with E-state index in [4.69, 9.17) is 0 Å². The Kier molecular flexibility index (Phi) is 8.35. The summed E-state index contributed by atoms with van der Waals surface area (Å²) in [6.07, 6.45) is -9.91. The highest BCUT2D eigenvalue weighted by molar-refractivity contribution is 7.91. The molecular formula is C27H16F8N2O2S2. The maximum Gasteiger partial charge on any atom is 0.417 e. The van der Waals surface area contributed by atoms with Crippen LogP contribution in [0.25, 0.3) is 21.0 Å². The molecule has 41 heavy (non-hydrogen) atoms. The number of rotatable bonds is 6. The van der Waals surface area contributed by atoms with Crippen molar-refractivity contribution in [2.24, 2.45) is 0 Å². The lowest BCUT2D eigenvalue weighted by Crippen LogP contribution is -2.28. The van der Waals surface area contributed by atoms with Crippen LogP contribution in [0, 0.1) is 23.0 Å². The van der Waals surface area contributed by atoms with Crippen LogP contribution >= 0.6 is 11.3 Å². The molecule has 0 saturated heterocycles. The first-order chi connectivity index (χ1) is 19.1. The summed E-state index contributed by atoms with van der Waals surface area (Å²) in [5, 5.41) is 9.34. The van der Waals surface area contributed by atoms with Gasteiger partial charge >= 0.3 is 12.4 Å². The lowest BCUT2D eigenvalue weighted by Gasteiger charge is -2.17. The monoisotopic (exact) mass is 616 g/mol. The number of hydrogen-bond donors (Lipinski definition) is 0. The number of alkyl halides is 6. The van der Waals surface area contributed by atoms with Crippen LogP contribution in [0.15, 0.2) is 64.3 Å². The topological polar surface area (TPSA) is 68.8 Å². The third kappa shape index (κ3) is 6.32. The van der Waals surface area contributed by atoms with Crippen molar-refractivity contribution in [3.63, 3.8) is 0 Å². The Morgan fingerprint density at radius 2 is 1.63 bits per heavy atom. The van der Waals surface area contributed by atoms with E-state index >= 15 is 0 Å². The van der Waals surface area contributed by atoms with Gasteiger partial charge in [-0.15, -0.1) is 11.3 Å². The SMILES string of the molecule is CC[S+]([O-])c1cc(-c2ccc(-c3cc(C(F)(F)F)c(C#N)c(=O)n3Cc3ccc(F)cc3F)s2)cc(C(F)(F)F)c1. The molecular weight excluding hydrogens is 600 g/mol. The lowest BCUT2D eigenvalue weighted by molar-refractivity contribution is -0.138. The van der Waals surface area contributed by atoms with Gasteiger partial charge in [0.15, 0.2) is 4.90 Å². The largest absolute Gasteiger partial charge is 0.611 e. The normalized spacial score (nSPS) is 12.8. The smallest absolute Gasteiger partial charge is 0.417 e. The Morgan fingerprint density at radius 3 is 2.22 bits per heavy atom. The molecule has 2 aromatic heterocycles. The Balaban J connectivity index is 1.94. The highest BCUT2D eigenvalue weighted by atomic mass is 32.2. The zero-order valence-electron chi connectivity index (χ0n) is 20.7. The first kappa shape index (κ1) is 30.3. The van der Waals surface area contributed by atoms with E-state index in [-0.39, 0.29) is 31.5 Å². The summed E-state index contributed by atoms with van der Waals surface area (Å²) in [5.41, 5.74) is -5.95. The zero-order valence-corrected chi connectivity index (χ0v) is 22.3. The fraction of sp³-hybridized carbons (Fsp3) is 0.185. The van der Waals surface area contributed by atoms with Crippen molar-refractivity contribution in [3.05, 3.63) is 98.8 Å². The second-order valence-electron chi connectivity index (χ2n) is 8.60. The zero-order chi connectivity index (χ0) is 30.3. The predicted molar refractivity (Wildman–Crippen MR) is 137 cm³/mol. The molecule has 0 aliphatic rings. The number of halogens is 8. The number of hydrogen-bond acceptors (Lipinski definition) is 4. The molecule has 214 valence electrons. The molecule has 0 aliphatic heterocycles. The Hall–Kier alpha value is -3.67. The molecule has 0 aliphatic carbocycles. The lowest BCUT2D eigenvalue weighted by atomic mass is 10.1. The van der Waals surface area contributed by atoms with Crippen LogP contribution in [0.5, 0.6) is 0 Å². The molecule has 2 heterocycles. The third-order valence-electron chi connectivity index (χ3n) is 5.96. The summed E-state index contributed by atoms with van der Waals surface area (Å²) in [4.78, 5) is 13.1. The van der Waals surface area contributed by atoms with Gasteiger partial charge in [0.05, 0.1) is 28.2 Å². The molecule has 0 saturated carbocycles. The molecule has 0 fully saturated rings. The van der Waals surface area contributed by atoms with Gasteiger partial charge in [0.2, 0.25) is 0 Å². The Bertz CT molecular complexity index is 1720. The van der Waals surface area contributed by atoms with Crippen LogP contribution in [0.2, 0.25) is 0 Å². The number of thiophene rings is 1. The predicted octanol–water partition coefficient (Wildman–Crippen LogP) is 7.61. The average Bonchev–Trinajstić information content (AvgIpc) is 3.39. The second kappa shape index (κ2) is 11.3. The molecule has 14 heteroatoms. The first-order valence-corrected chi connectivity index (χ1v) is 13.7. The number of pyridine rings is 1. The molecule has 4 rings (SSSR count). The van der Waals surface area contributed by atoms with Gasteiger partial charge in [-0.1, -0.05) is 6.07 Å². The fourth-order valence-corrected chi connectivity index (χ4v) is 5.86. The van der Waals surface area contributed by atoms with Gasteiger partial charge in [-0.3, -0.25) is 4.79 Å². The van der Waals surface area contributed by atoms with E-state index in [0.717, 1.165) is 35.6 Å². The fourth-order valence-electron chi connectivity index (χ4n) is 3.99. The van der Waals surface area contributed by atoms with Crippen molar-refractivity contribution in [2.75, 3.05) is 5.75 Å². The van der Waals surface area contributed by atoms with Gasteiger partial charge in [0.1, 0.15) is 29.0 Å². The first-order valence-electron chi connectivity index (χ1n) is 11.5. The van der Waals surface area contributed by atoms with Crippen LogP contribution in [0.3, 0.4) is 0 Å². The van der Waals surface area contributed by atoms with E-state index in [1.807, 2.05) is 0 Å². The molecule has 1 atom stereocenters. The number of nitrogens with zero attached hydrogens (tertiary/aromatic N) is 2. The average molecular weight is 617 g/mol. The molecule has 1 unspecified atom stereocenters. The van der Waals surface area contributed by atoms with Gasteiger partial charge in [0.25, 0.3) is 5.56 Å². The standard InChI is InChI=1S/C27H16F8N2O2S2/c1-2-41(39)18-8-15(7-16(9-18)26(30,31)32)23-5-6-24(40-23)22-11-20(27(33,34)35)19(12-36)25(38)37(22)13-14-3-4-17(28)10-21(14)29/h3-11H,2,13H2,1H3. The van der Waals surface area contributed by atoms with Crippen molar-refractivity contribution in [1.82, 2.24) is 4.57 Å². The van der Waals surface area contributed by atoms with Crippen LogP contribution in [0.4, 0.5) is 35.1 Å². The van der Waals surface area contributed by atoms with Gasteiger partial charge in [-0.2, -0.15) is 31.6 Å². The number of benzene rings is 2. The van der Waals surface area contributed by atoms with Crippen molar-refractivity contribution in [1.29, 1.82) is 5.26 Å². The van der Waals surface area contributed by atoms with Crippen LogP contribution in [-0.4, -0.2) is 14.9 Å². The van der Waals surface area contributed by atoms with Crippen molar-refractivity contribution in [2.45, 2.75) is 30.7 Å². The molecule has 4 aromatic rings. The van der Waals surface area contributed by atoms with Crippen molar-refractivity contribution < 1.29 is 39.7 Å². The highest BCUT2D eigenvalue weighted by Crippen LogP contribution is 2.41. The maximum absolute atomic E-state index is 14.4. The van der Waals surface area contributed by atoms with E-state index in [9.17, 15) is 49.7 Å². The number of nitriles is 1. The van der Waals surface area contributed by atoms with E-state index in [2.05, 4.69) is 0 Å². The maximum atomic E-state index is 14.4. The van der Waals surface area contributed by atoms with Gasteiger partial charge in [-0.05, 0) is 54.0 Å². The molecule has 4 nitrogen and oxygen atoms in total. The third-order valence-corrected chi connectivity index (χ3v) is 8.41. The molecule has 0 N–H and O–H groups in total. The Labute approximate surface area is 234 Å². The summed E-state index contributed by atoms with van der Waals surface area (Å²) in [6.45, 7) is 0.842. The minimum Gasteiger partial charge on any atom is -0.611 e. The van der Waals surface area contributed by atoms with Crippen LogP contribution in [-0.2, 0) is 30.1 Å². The minimum absolute atomic E-state index is 0.0176. The van der Waals surface area contributed by atoms with Gasteiger partial charge < -0.3 is 9.12 Å². The Morgan fingerprint density at radius 1 is 0.951 bits per heavy atom. The van der Waals surface area contributed by atoms with E-state index in [1.165, 1.54) is 31.2 Å². The summed E-state index contributed by atoms with van der Waals surface area (Å²) in [6, 6.07) is 9.54. The summed E-state index contributed by atoms with van der Waals surface area (Å²) in [5.74, 6) is -1.99. The van der Waals surface area contributed by atoms with E-state index < -0.39 is 69.7 Å². The van der Waals surface area contributed by atoms with Gasteiger partial charge in [-0.25, -0.2) is 8.78 Å². The van der Waals surface area contributed by atoms with Gasteiger partial charge in [0, 0.05) is 28.6 Å². The molecule has 0 bridgehead atoms. The second-order valence-corrected chi connectivity index (χ2v) is 11.4. The number of aromatic nitrogens is 1. The van der Waals surface area contributed by atoms with E-state index in [0.29, 0.717) is 16.7 Å². The van der Waals surface area contributed by atoms with Crippen molar-refractivity contribution in [3.8, 4) is 27.1 Å². The summed E-state index contributed by atoms with van der Waals surface area (Å²) >= 11 is -1.03. The van der Waals surface area contributed by atoms with Crippen molar-refractivity contribution >= 4 is 22.5 Å². The van der Waals surface area contributed by atoms with Crippen LogP contribution < -0.4 is 5.56 Å². The highest BCUT2D eigenvalue weighted by Gasteiger charge is 2.37. The molecule has 2 aromatic carbocycles. The summed E-state index contributed by atoms with van der Waals surface area (Å²) in [7, 11) is 0. The summed E-state index contributed by atoms with van der Waals surface area (Å²) < 4.78 is 123. The minimum atomic E-state index is -5.13. The molecule has 0 spiro atoms. The van der Waals surface area contributed by atoms with Crippen LogP contribution in [0.1, 0.15) is 29.2 Å². The quantitative estimate of drug-likeness (QED) is 0.166.